The molecule has 0 aliphatic carbocycles. The molecule has 1 heterocycles. The van der Waals surface area contributed by atoms with Gasteiger partial charge in [0.2, 0.25) is 0 Å². The van der Waals surface area contributed by atoms with E-state index in [1.54, 1.807) is 0 Å². The van der Waals surface area contributed by atoms with Crippen LogP contribution >= 0.6 is 11.8 Å². The van der Waals surface area contributed by atoms with E-state index < -0.39 is 17.5 Å². The zero-order chi connectivity index (χ0) is 18.1. The number of hydrogen-bond acceptors (Lipinski definition) is 8. The fourth-order valence-electron chi connectivity index (χ4n) is 2.86. The molecule has 0 bridgehead atoms. The van der Waals surface area contributed by atoms with Crippen LogP contribution in [0.4, 0.5) is 0 Å². The number of benzene rings is 2. The van der Waals surface area contributed by atoms with Crippen LogP contribution in [0.3, 0.4) is 0 Å². The van der Waals surface area contributed by atoms with Crippen LogP contribution in [0.15, 0.2) is 30.3 Å². The highest BCUT2D eigenvalue weighted by Crippen LogP contribution is 2.52. The average molecular weight is 366 g/mol. The summed E-state index contributed by atoms with van der Waals surface area (Å²) >= 11 is 1.24. The topological polar surface area (TPSA) is 131 Å². The van der Waals surface area contributed by atoms with Crippen molar-refractivity contribution in [2.75, 3.05) is 12.4 Å². The molecule has 1 aliphatic heterocycles. The first-order valence-electron chi connectivity index (χ1n) is 7.57. The molecular formula is C17H18O7S. The van der Waals surface area contributed by atoms with Gasteiger partial charge in [-0.25, -0.2) is 0 Å². The first-order chi connectivity index (χ1) is 11.9. The van der Waals surface area contributed by atoms with Crippen molar-refractivity contribution in [2.45, 2.75) is 17.5 Å². The summed E-state index contributed by atoms with van der Waals surface area (Å²) in [6.07, 6.45) is -1.99. The third kappa shape index (κ3) is 3.28. The fraction of sp³-hybridized carbons (Fsp3) is 0.294. The Kier molecular flexibility index (Phi) is 4.85. The third-order valence-corrected chi connectivity index (χ3v) is 5.27. The van der Waals surface area contributed by atoms with Crippen LogP contribution in [0.1, 0.15) is 22.5 Å². The number of rotatable bonds is 4. The van der Waals surface area contributed by atoms with Gasteiger partial charge in [-0.2, -0.15) is 0 Å². The Bertz CT molecular complexity index is 780. The van der Waals surface area contributed by atoms with Gasteiger partial charge in [-0.05, 0) is 17.7 Å². The number of phenolic OH excluding ortho intramolecular Hbond substituents is 4. The summed E-state index contributed by atoms with van der Waals surface area (Å²) in [7, 11) is 0. The van der Waals surface area contributed by atoms with E-state index >= 15 is 0 Å². The molecule has 6 N–H and O–H groups in total. The number of aromatic hydroxyl groups is 4. The Hall–Kier alpha value is -2.29. The van der Waals surface area contributed by atoms with Gasteiger partial charge in [0.05, 0.1) is 17.4 Å². The number of aliphatic hydroxyl groups excluding tert-OH is 2. The van der Waals surface area contributed by atoms with Crippen molar-refractivity contribution in [3.63, 3.8) is 0 Å². The number of ether oxygens (including phenoxy) is 1. The Balaban J connectivity index is 2.06. The molecule has 0 saturated heterocycles. The first-order valence-corrected chi connectivity index (χ1v) is 8.62. The zero-order valence-electron chi connectivity index (χ0n) is 13.0. The van der Waals surface area contributed by atoms with Crippen molar-refractivity contribution in [3.8, 4) is 28.7 Å². The highest BCUT2D eigenvalue weighted by atomic mass is 32.2. The minimum Gasteiger partial charge on any atom is -0.508 e. The standard InChI is InChI=1S/C17H18O7S/c18-3-4-25-17-14-12(22)6-9(19)7-13(14)24-16(15(17)23)8-1-2-10(20)11(21)5-8/h1-2,5-7,15-23H,3-4H2/t15-,16+,17-/m0/s1. The quantitative estimate of drug-likeness (QED) is 0.452. The van der Waals surface area contributed by atoms with Gasteiger partial charge in [0.15, 0.2) is 17.6 Å². The number of fused-ring (bicyclic) bond motifs is 1. The number of hydrogen-bond donors (Lipinski definition) is 6. The molecule has 0 aromatic heterocycles. The van der Waals surface area contributed by atoms with E-state index in [1.165, 1.54) is 36.0 Å². The van der Waals surface area contributed by atoms with Gasteiger partial charge >= 0.3 is 0 Å². The molecule has 0 amide bonds. The summed E-state index contributed by atoms with van der Waals surface area (Å²) in [6, 6.07) is 6.57. The molecule has 0 spiro atoms. The van der Waals surface area contributed by atoms with E-state index in [1.807, 2.05) is 0 Å². The Labute approximate surface area is 147 Å². The van der Waals surface area contributed by atoms with E-state index in [9.17, 15) is 25.5 Å². The minimum atomic E-state index is -1.09. The predicted octanol–water partition coefficient (Wildman–Crippen LogP) is 1.77. The number of thioether (sulfide) groups is 1. The molecule has 3 atom stereocenters. The average Bonchev–Trinajstić information content (AvgIpc) is 2.56. The number of phenols is 4. The normalized spacial score (nSPS) is 22.2. The van der Waals surface area contributed by atoms with Crippen LogP contribution < -0.4 is 4.74 Å². The molecule has 134 valence electrons. The second-order valence-electron chi connectivity index (χ2n) is 5.67. The van der Waals surface area contributed by atoms with Crippen LogP contribution in [0.5, 0.6) is 28.7 Å². The summed E-state index contributed by atoms with van der Waals surface area (Å²) in [4.78, 5) is 0. The SMILES string of the molecule is OCCS[C@H]1c2c(O)cc(O)cc2O[C@H](c2ccc(O)c(O)c2)[C@@H]1O. The molecule has 8 heteroatoms. The van der Waals surface area contributed by atoms with Crippen molar-refractivity contribution in [2.24, 2.45) is 0 Å². The highest BCUT2D eigenvalue weighted by Gasteiger charge is 2.40. The van der Waals surface area contributed by atoms with Gasteiger partial charge < -0.3 is 35.4 Å². The highest BCUT2D eigenvalue weighted by molar-refractivity contribution is 7.99. The lowest BCUT2D eigenvalue weighted by molar-refractivity contribution is 0.0174. The lowest BCUT2D eigenvalue weighted by Gasteiger charge is -2.37. The smallest absolute Gasteiger partial charge is 0.157 e. The van der Waals surface area contributed by atoms with Gasteiger partial charge in [-0.1, -0.05) is 6.07 Å². The van der Waals surface area contributed by atoms with E-state index in [2.05, 4.69) is 0 Å². The van der Waals surface area contributed by atoms with Gasteiger partial charge in [0.1, 0.15) is 23.4 Å². The second-order valence-corrected chi connectivity index (χ2v) is 6.92. The first kappa shape index (κ1) is 17.5. The van der Waals surface area contributed by atoms with Gasteiger partial charge in [0.25, 0.3) is 0 Å². The van der Waals surface area contributed by atoms with Gasteiger partial charge in [-0.15, -0.1) is 11.8 Å². The summed E-state index contributed by atoms with van der Waals surface area (Å²) in [5.74, 6) is -0.513. The lowest BCUT2D eigenvalue weighted by Crippen LogP contribution is -2.33. The zero-order valence-corrected chi connectivity index (χ0v) is 13.8. The fourth-order valence-corrected chi connectivity index (χ4v) is 3.96. The summed E-state index contributed by atoms with van der Waals surface area (Å²) in [5.41, 5.74) is 0.758. The molecule has 2 aromatic rings. The van der Waals surface area contributed by atoms with Gasteiger partial charge in [-0.3, -0.25) is 0 Å². The second kappa shape index (κ2) is 6.91. The maximum absolute atomic E-state index is 10.8. The van der Waals surface area contributed by atoms with E-state index in [-0.39, 0.29) is 35.4 Å². The lowest BCUT2D eigenvalue weighted by atomic mass is 9.93. The molecular weight excluding hydrogens is 348 g/mol. The molecule has 2 aromatic carbocycles. The molecule has 0 radical (unpaired) electrons. The Morgan fingerprint density at radius 2 is 1.72 bits per heavy atom. The Morgan fingerprint density at radius 1 is 0.960 bits per heavy atom. The van der Waals surface area contributed by atoms with Crippen molar-refractivity contribution >= 4 is 11.8 Å². The maximum Gasteiger partial charge on any atom is 0.157 e. The maximum atomic E-state index is 10.8. The summed E-state index contributed by atoms with van der Waals surface area (Å²) in [6.45, 7) is -0.104. The molecule has 0 saturated carbocycles. The van der Waals surface area contributed by atoms with E-state index in [0.29, 0.717) is 16.9 Å². The van der Waals surface area contributed by atoms with Gasteiger partial charge in [0, 0.05) is 17.9 Å². The van der Waals surface area contributed by atoms with Crippen molar-refractivity contribution in [3.05, 3.63) is 41.5 Å². The van der Waals surface area contributed by atoms with E-state index in [0.717, 1.165) is 6.07 Å². The van der Waals surface area contributed by atoms with Crippen LogP contribution in [0.25, 0.3) is 0 Å². The van der Waals surface area contributed by atoms with E-state index in [4.69, 9.17) is 9.84 Å². The van der Waals surface area contributed by atoms with Crippen LogP contribution in [0.2, 0.25) is 0 Å². The largest absolute Gasteiger partial charge is 0.508 e. The summed E-state index contributed by atoms with van der Waals surface area (Å²) in [5, 5.41) is 58.3. The monoisotopic (exact) mass is 366 g/mol. The van der Waals surface area contributed by atoms with Crippen molar-refractivity contribution in [1.82, 2.24) is 0 Å². The molecule has 7 nitrogen and oxygen atoms in total. The minimum absolute atomic E-state index is 0.104. The van der Waals surface area contributed by atoms with Crippen LogP contribution in [-0.2, 0) is 0 Å². The van der Waals surface area contributed by atoms with Crippen LogP contribution in [-0.4, -0.2) is 49.1 Å². The third-order valence-electron chi connectivity index (χ3n) is 3.98. The molecule has 0 fully saturated rings. The summed E-state index contributed by atoms with van der Waals surface area (Å²) < 4.78 is 5.76. The van der Waals surface area contributed by atoms with Crippen molar-refractivity contribution < 1.29 is 35.4 Å². The molecule has 3 rings (SSSR count). The number of aliphatic hydroxyl groups is 2. The molecule has 25 heavy (non-hydrogen) atoms. The van der Waals surface area contributed by atoms with Crippen LogP contribution in [0, 0.1) is 0 Å². The Morgan fingerprint density at radius 3 is 2.40 bits per heavy atom. The molecule has 0 unspecified atom stereocenters. The van der Waals surface area contributed by atoms with Crippen molar-refractivity contribution in [1.29, 1.82) is 0 Å². The molecule has 1 aliphatic rings. The predicted molar refractivity (Wildman–Crippen MR) is 91.2 cm³/mol.